The van der Waals surface area contributed by atoms with Crippen LogP contribution >= 0.6 is 0 Å². The molecule has 2 heterocycles. The lowest BCUT2D eigenvalue weighted by atomic mass is 9.87. The first-order chi connectivity index (χ1) is 14.8. The summed E-state index contributed by atoms with van der Waals surface area (Å²) in [5, 5.41) is 11.4. The molecule has 1 aromatic heterocycles. The summed E-state index contributed by atoms with van der Waals surface area (Å²) >= 11 is 0. The van der Waals surface area contributed by atoms with Gasteiger partial charge < -0.3 is 19.2 Å². The lowest BCUT2D eigenvalue weighted by molar-refractivity contribution is -0.135. The van der Waals surface area contributed by atoms with E-state index in [9.17, 15) is 14.7 Å². The third-order valence-corrected chi connectivity index (χ3v) is 5.67. The monoisotopic (exact) mass is 419 g/mol. The molecule has 0 saturated carbocycles. The minimum Gasteiger partial charge on any atom is -0.492 e. The highest BCUT2D eigenvalue weighted by Gasteiger charge is 2.51. The lowest BCUT2D eigenvalue weighted by Crippen LogP contribution is -2.43. The van der Waals surface area contributed by atoms with Gasteiger partial charge in [0.05, 0.1) is 30.5 Å². The van der Waals surface area contributed by atoms with Gasteiger partial charge in [-0.25, -0.2) is 0 Å². The Morgan fingerprint density at radius 1 is 1.13 bits per heavy atom. The van der Waals surface area contributed by atoms with Crippen molar-refractivity contribution >= 4 is 17.4 Å². The number of carbonyl (C=O) groups excluding carboxylic acids is 2. The SMILES string of the molecule is Cc1cccc(OCCN2C(=O)C(O)(CC(=O)c3c(C)coc3C)c3ccccc32)c1. The first-order valence-electron chi connectivity index (χ1n) is 10.2. The molecule has 1 aliphatic rings. The van der Waals surface area contributed by atoms with Crippen LogP contribution in [-0.2, 0) is 10.4 Å². The van der Waals surface area contributed by atoms with Gasteiger partial charge in [-0.3, -0.25) is 9.59 Å². The van der Waals surface area contributed by atoms with E-state index in [0.29, 0.717) is 28.1 Å². The average Bonchev–Trinajstić information content (AvgIpc) is 3.18. The van der Waals surface area contributed by atoms with Crippen LogP contribution in [0.15, 0.2) is 59.2 Å². The Bertz CT molecular complexity index is 1130. The number of amides is 1. The van der Waals surface area contributed by atoms with Gasteiger partial charge in [0.1, 0.15) is 18.1 Å². The van der Waals surface area contributed by atoms with Crippen LogP contribution < -0.4 is 9.64 Å². The predicted molar refractivity (Wildman–Crippen MR) is 116 cm³/mol. The maximum absolute atomic E-state index is 13.3. The van der Waals surface area contributed by atoms with Gasteiger partial charge in [-0.15, -0.1) is 0 Å². The summed E-state index contributed by atoms with van der Waals surface area (Å²) < 4.78 is 11.1. The topological polar surface area (TPSA) is 80.0 Å². The summed E-state index contributed by atoms with van der Waals surface area (Å²) in [5.41, 5.74) is 1.29. The van der Waals surface area contributed by atoms with Crippen LogP contribution in [0.3, 0.4) is 0 Å². The van der Waals surface area contributed by atoms with Crippen molar-refractivity contribution in [2.24, 2.45) is 0 Å². The number of nitrogens with zero attached hydrogens (tertiary/aromatic N) is 1. The van der Waals surface area contributed by atoms with E-state index < -0.39 is 11.5 Å². The molecule has 0 aliphatic carbocycles. The number of benzene rings is 2. The molecular weight excluding hydrogens is 394 g/mol. The third-order valence-electron chi connectivity index (χ3n) is 5.67. The summed E-state index contributed by atoms with van der Waals surface area (Å²) in [6, 6.07) is 14.7. The predicted octanol–water partition coefficient (Wildman–Crippen LogP) is 4.09. The zero-order chi connectivity index (χ0) is 22.2. The van der Waals surface area contributed by atoms with Gasteiger partial charge in [-0.1, -0.05) is 30.3 Å². The third kappa shape index (κ3) is 3.75. The second-order valence-electron chi connectivity index (χ2n) is 7.95. The number of carbonyl (C=O) groups is 2. The van der Waals surface area contributed by atoms with Crippen molar-refractivity contribution < 1.29 is 23.8 Å². The largest absolute Gasteiger partial charge is 0.492 e. The lowest BCUT2D eigenvalue weighted by Gasteiger charge is -2.23. The number of hydrogen-bond acceptors (Lipinski definition) is 5. The second kappa shape index (κ2) is 8.04. The van der Waals surface area contributed by atoms with Gasteiger partial charge in [-0.05, 0) is 50.1 Å². The molecule has 1 atom stereocenters. The molecule has 160 valence electrons. The minimum absolute atomic E-state index is 0.254. The summed E-state index contributed by atoms with van der Waals surface area (Å²) in [4.78, 5) is 27.8. The number of ketones is 1. The molecule has 6 heteroatoms. The zero-order valence-corrected chi connectivity index (χ0v) is 17.8. The van der Waals surface area contributed by atoms with Crippen molar-refractivity contribution in [2.75, 3.05) is 18.1 Å². The van der Waals surface area contributed by atoms with E-state index in [-0.39, 0.29) is 25.4 Å². The highest BCUT2D eigenvalue weighted by Crippen LogP contribution is 2.43. The Morgan fingerprint density at radius 3 is 2.61 bits per heavy atom. The van der Waals surface area contributed by atoms with E-state index >= 15 is 0 Å². The molecule has 6 nitrogen and oxygen atoms in total. The summed E-state index contributed by atoms with van der Waals surface area (Å²) in [6.07, 6.45) is 1.16. The van der Waals surface area contributed by atoms with Crippen molar-refractivity contribution in [3.63, 3.8) is 0 Å². The Kier molecular flexibility index (Phi) is 5.41. The first kappa shape index (κ1) is 20.9. The number of fused-ring (bicyclic) bond motifs is 1. The van der Waals surface area contributed by atoms with E-state index in [0.717, 1.165) is 11.3 Å². The van der Waals surface area contributed by atoms with Gasteiger partial charge in [0.15, 0.2) is 11.4 Å². The number of ether oxygens (including phenoxy) is 1. The Hall–Kier alpha value is -3.38. The molecule has 4 rings (SSSR count). The molecule has 1 amide bonds. The van der Waals surface area contributed by atoms with Crippen molar-refractivity contribution in [1.29, 1.82) is 0 Å². The average molecular weight is 419 g/mol. The van der Waals surface area contributed by atoms with Crippen LogP contribution in [0.1, 0.15) is 39.2 Å². The van der Waals surface area contributed by atoms with Crippen LogP contribution in [0, 0.1) is 20.8 Å². The fourth-order valence-electron chi connectivity index (χ4n) is 4.17. The molecule has 0 bridgehead atoms. The molecule has 31 heavy (non-hydrogen) atoms. The fourth-order valence-corrected chi connectivity index (χ4v) is 4.17. The number of anilines is 1. The molecular formula is C25H25NO5. The number of aliphatic hydroxyl groups is 1. The smallest absolute Gasteiger partial charge is 0.264 e. The number of hydrogen-bond donors (Lipinski definition) is 1. The van der Waals surface area contributed by atoms with Gasteiger partial charge in [0.25, 0.3) is 5.91 Å². The Balaban J connectivity index is 1.56. The second-order valence-corrected chi connectivity index (χ2v) is 7.95. The van der Waals surface area contributed by atoms with Crippen molar-refractivity contribution in [3.8, 4) is 5.75 Å². The summed E-state index contributed by atoms with van der Waals surface area (Å²) in [6.45, 7) is 5.96. The minimum atomic E-state index is -1.92. The van der Waals surface area contributed by atoms with Crippen LogP contribution in [-0.4, -0.2) is 29.9 Å². The zero-order valence-electron chi connectivity index (χ0n) is 17.8. The fraction of sp³-hybridized carbons (Fsp3) is 0.280. The Labute approximate surface area is 181 Å². The number of para-hydroxylation sites is 1. The standard InChI is InChI=1S/C25H25NO5/c1-16-7-6-8-19(13-16)30-12-11-26-21-10-5-4-9-20(21)25(29,24(26)28)14-22(27)23-17(2)15-31-18(23)3/h4-10,13,15,29H,11-12,14H2,1-3H3. The number of furan rings is 1. The molecule has 0 saturated heterocycles. The van der Waals surface area contributed by atoms with Crippen molar-refractivity contribution in [2.45, 2.75) is 32.8 Å². The van der Waals surface area contributed by atoms with E-state index in [1.54, 1.807) is 38.1 Å². The molecule has 0 spiro atoms. The van der Waals surface area contributed by atoms with Crippen LogP contribution in [0.2, 0.25) is 0 Å². The van der Waals surface area contributed by atoms with Gasteiger partial charge >= 0.3 is 0 Å². The quantitative estimate of drug-likeness (QED) is 0.584. The number of Topliss-reactive ketones (excluding diaryl/α,β-unsaturated/α-hetero) is 1. The van der Waals surface area contributed by atoms with E-state index in [1.165, 1.54) is 11.2 Å². The normalized spacial score (nSPS) is 17.7. The first-order valence-corrected chi connectivity index (χ1v) is 10.2. The van der Waals surface area contributed by atoms with Gasteiger partial charge in [-0.2, -0.15) is 0 Å². The number of aryl methyl sites for hydroxylation is 3. The maximum atomic E-state index is 13.3. The molecule has 1 N–H and O–H groups in total. The van der Waals surface area contributed by atoms with Gasteiger partial charge in [0, 0.05) is 5.56 Å². The molecule has 2 aromatic carbocycles. The molecule has 3 aromatic rings. The van der Waals surface area contributed by atoms with Gasteiger partial charge in [0.2, 0.25) is 0 Å². The van der Waals surface area contributed by atoms with Crippen LogP contribution in [0.5, 0.6) is 5.75 Å². The summed E-state index contributed by atoms with van der Waals surface area (Å²) in [7, 11) is 0. The number of rotatable bonds is 7. The molecule has 0 fully saturated rings. The van der Waals surface area contributed by atoms with Crippen molar-refractivity contribution in [3.05, 3.63) is 82.8 Å². The highest BCUT2D eigenvalue weighted by atomic mass is 16.5. The maximum Gasteiger partial charge on any atom is 0.264 e. The highest BCUT2D eigenvalue weighted by molar-refractivity contribution is 6.11. The van der Waals surface area contributed by atoms with E-state index in [4.69, 9.17) is 9.15 Å². The van der Waals surface area contributed by atoms with Crippen LogP contribution in [0.25, 0.3) is 0 Å². The van der Waals surface area contributed by atoms with Crippen LogP contribution in [0.4, 0.5) is 5.69 Å². The Morgan fingerprint density at radius 2 is 1.90 bits per heavy atom. The van der Waals surface area contributed by atoms with E-state index in [2.05, 4.69) is 0 Å². The molecule has 1 unspecified atom stereocenters. The van der Waals surface area contributed by atoms with Crippen molar-refractivity contribution in [1.82, 2.24) is 0 Å². The van der Waals surface area contributed by atoms with E-state index in [1.807, 2.05) is 31.2 Å². The molecule has 0 radical (unpaired) electrons. The molecule has 1 aliphatic heterocycles. The summed E-state index contributed by atoms with van der Waals surface area (Å²) in [5.74, 6) is 0.352.